The predicted molar refractivity (Wildman–Crippen MR) is 86.9 cm³/mol. The van der Waals surface area contributed by atoms with Crippen molar-refractivity contribution in [3.63, 3.8) is 0 Å². The molecule has 0 spiro atoms. The van der Waals surface area contributed by atoms with Crippen LogP contribution in [0.3, 0.4) is 0 Å². The van der Waals surface area contributed by atoms with E-state index < -0.39 is 0 Å². The fourth-order valence-electron chi connectivity index (χ4n) is 1.91. The molecule has 3 heteroatoms. The van der Waals surface area contributed by atoms with Gasteiger partial charge in [0.2, 0.25) is 0 Å². The van der Waals surface area contributed by atoms with Crippen LogP contribution in [-0.4, -0.2) is 6.54 Å². The third kappa shape index (κ3) is 4.66. The van der Waals surface area contributed by atoms with Crippen molar-refractivity contribution in [2.24, 2.45) is 0 Å². The highest BCUT2D eigenvalue weighted by atomic mass is 79.9. The first kappa shape index (κ1) is 15.1. The second-order valence-electron chi connectivity index (χ2n) is 4.70. The summed E-state index contributed by atoms with van der Waals surface area (Å²) >= 11 is 3.62. The van der Waals surface area contributed by atoms with Gasteiger partial charge in [-0.1, -0.05) is 53.2 Å². The molecule has 0 aliphatic rings. The molecule has 2 nitrogen and oxygen atoms in total. The van der Waals surface area contributed by atoms with Crippen molar-refractivity contribution >= 4 is 15.9 Å². The summed E-state index contributed by atoms with van der Waals surface area (Å²) < 4.78 is 6.87. The smallest absolute Gasteiger partial charge is 0.119 e. The maximum absolute atomic E-state index is 5.77. The molecule has 0 bridgehead atoms. The Morgan fingerprint density at radius 3 is 2.60 bits per heavy atom. The van der Waals surface area contributed by atoms with Crippen molar-refractivity contribution in [1.29, 1.82) is 0 Å². The summed E-state index contributed by atoms with van der Waals surface area (Å²) in [7, 11) is 0. The summed E-state index contributed by atoms with van der Waals surface area (Å²) in [5.74, 6) is 0.896. The van der Waals surface area contributed by atoms with Crippen molar-refractivity contribution < 1.29 is 4.74 Å². The lowest BCUT2D eigenvalue weighted by molar-refractivity contribution is 0.305. The van der Waals surface area contributed by atoms with Gasteiger partial charge in [-0.2, -0.15) is 0 Å². The molecule has 0 unspecified atom stereocenters. The average Bonchev–Trinajstić information content (AvgIpc) is 2.48. The normalized spacial score (nSPS) is 10.5. The van der Waals surface area contributed by atoms with Gasteiger partial charge < -0.3 is 10.1 Å². The molecule has 0 aromatic heterocycles. The van der Waals surface area contributed by atoms with E-state index in [9.17, 15) is 0 Å². The molecule has 0 aliphatic heterocycles. The molecule has 2 aromatic rings. The fourth-order valence-corrected chi connectivity index (χ4v) is 2.45. The fraction of sp³-hybridized carbons (Fsp3) is 0.294. The largest absolute Gasteiger partial charge is 0.489 e. The minimum atomic E-state index is 0.577. The van der Waals surface area contributed by atoms with Gasteiger partial charge in [-0.3, -0.25) is 0 Å². The highest BCUT2D eigenvalue weighted by Crippen LogP contribution is 2.21. The van der Waals surface area contributed by atoms with Crippen LogP contribution in [0.1, 0.15) is 24.5 Å². The summed E-state index contributed by atoms with van der Waals surface area (Å²) in [4.78, 5) is 0. The first-order valence-corrected chi connectivity index (χ1v) is 7.74. The van der Waals surface area contributed by atoms with E-state index in [0.717, 1.165) is 35.3 Å². The Bertz CT molecular complexity index is 528. The molecule has 0 fully saturated rings. The van der Waals surface area contributed by atoms with Crippen LogP contribution in [0.25, 0.3) is 0 Å². The predicted octanol–water partition coefficient (Wildman–Crippen LogP) is 4.53. The monoisotopic (exact) mass is 333 g/mol. The Balaban J connectivity index is 1.92. The number of hydrogen-bond donors (Lipinski definition) is 1. The van der Waals surface area contributed by atoms with Gasteiger partial charge in [0.05, 0.1) is 0 Å². The van der Waals surface area contributed by atoms with Gasteiger partial charge in [-0.15, -0.1) is 0 Å². The molecule has 2 rings (SSSR count). The van der Waals surface area contributed by atoms with E-state index >= 15 is 0 Å². The van der Waals surface area contributed by atoms with Gasteiger partial charge in [0.25, 0.3) is 0 Å². The molecule has 0 heterocycles. The average molecular weight is 334 g/mol. The molecule has 0 amide bonds. The highest BCUT2D eigenvalue weighted by Gasteiger charge is 2.03. The number of ether oxygens (including phenoxy) is 1. The van der Waals surface area contributed by atoms with E-state index in [-0.39, 0.29) is 0 Å². The van der Waals surface area contributed by atoms with Crippen LogP contribution in [0.4, 0.5) is 0 Å². The second kappa shape index (κ2) is 8.08. The van der Waals surface area contributed by atoms with E-state index in [0.29, 0.717) is 6.61 Å². The number of rotatable bonds is 7. The van der Waals surface area contributed by atoms with Crippen LogP contribution in [0.15, 0.2) is 53.0 Å². The summed E-state index contributed by atoms with van der Waals surface area (Å²) in [5, 5.41) is 3.40. The zero-order valence-corrected chi connectivity index (χ0v) is 13.3. The van der Waals surface area contributed by atoms with E-state index in [1.807, 2.05) is 30.3 Å². The SMILES string of the molecule is CCCNCc1ccc(COc2ccccc2)c(Br)c1. The van der Waals surface area contributed by atoms with Crippen LogP contribution < -0.4 is 10.1 Å². The zero-order valence-electron chi connectivity index (χ0n) is 11.7. The summed E-state index contributed by atoms with van der Waals surface area (Å²) in [6.45, 7) is 4.71. The maximum atomic E-state index is 5.77. The Morgan fingerprint density at radius 1 is 1.10 bits per heavy atom. The Morgan fingerprint density at radius 2 is 1.90 bits per heavy atom. The summed E-state index contributed by atoms with van der Waals surface area (Å²) in [6, 6.07) is 16.3. The third-order valence-corrected chi connectivity index (χ3v) is 3.75. The van der Waals surface area contributed by atoms with Gasteiger partial charge in [0, 0.05) is 16.6 Å². The molecule has 0 saturated heterocycles. The molecule has 0 radical (unpaired) electrons. The molecule has 0 atom stereocenters. The van der Waals surface area contributed by atoms with E-state index in [2.05, 4.69) is 46.4 Å². The minimum absolute atomic E-state index is 0.577. The van der Waals surface area contributed by atoms with Crippen molar-refractivity contribution in [3.8, 4) is 5.75 Å². The molecular formula is C17H20BrNO. The number of para-hydroxylation sites is 1. The first-order valence-electron chi connectivity index (χ1n) is 6.95. The van der Waals surface area contributed by atoms with Crippen LogP contribution in [0.2, 0.25) is 0 Å². The van der Waals surface area contributed by atoms with Crippen molar-refractivity contribution in [1.82, 2.24) is 5.32 Å². The lowest BCUT2D eigenvalue weighted by Gasteiger charge is -2.10. The molecule has 2 aromatic carbocycles. The van der Waals surface area contributed by atoms with Crippen LogP contribution >= 0.6 is 15.9 Å². The van der Waals surface area contributed by atoms with Crippen LogP contribution in [0, 0.1) is 0 Å². The molecule has 1 N–H and O–H groups in total. The minimum Gasteiger partial charge on any atom is -0.489 e. The standard InChI is InChI=1S/C17H20BrNO/c1-2-10-19-12-14-8-9-15(17(18)11-14)13-20-16-6-4-3-5-7-16/h3-9,11,19H,2,10,12-13H2,1H3. The lowest BCUT2D eigenvalue weighted by atomic mass is 10.1. The Kier molecular flexibility index (Phi) is 6.09. The van der Waals surface area contributed by atoms with Crippen molar-refractivity contribution in [2.75, 3.05) is 6.54 Å². The molecule has 106 valence electrons. The Hall–Kier alpha value is -1.32. The molecular weight excluding hydrogens is 314 g/mol. The van der Waals surface area contributed by atoms with Gasteiger partial charge in [0.1, 0.15) is 12.4 Å². The van der Waals surface area contributed by atoms with E-state index in [1.165, 1.54) is 5.56 Å². The topological polar surface area (TPSA) is 21.3 Å². The first-order chi connectivity index (χ1) is 9.79. The number of hydrogen-bond acceptors (Lipinski definition) is 2. The Labute approximate surface area is 129 Å². The number of benzene rings is 2. The lowest BCUT2D eigenvalue weighted by Crippen LogP contribution is -2.13. The van der Waals surface area contributed by atoms with Crippen molar-refractivity contribution in [2.45, 2.75) is 26.5 Å². The number of halogens is 1. The quantitative estimate of drug-likeness (QED) is 0.751. The van der Waals surface area contributed by atoms with Gasteiger partial charge in [-0.25, -0.2) is 0 Å². The van der Waals surface area contributed by atoms with E-state index in [1.54, 1.807) is 0 Å². The molecule has 20 heavy (non-hydrogen) atoms. The van der Waals surface area contributed by atoms with Crippen LogP contribution in [0.5, 0.6) is 5.75 Å². The van der Waals surface area contributed by atoms with Gasteiger partial charge >= 0.3 is 0 Å². The molecule has 0 saturated carbocycles. The maximum Gasteiger partial charge on any atom is 0.119 e. The second-order valence-corrected chi connectivity index (χ2v) is 5.56. The molecule has 0 aliphatic carbocycles. The van der Waals surface area contributed by atoms with Gasteiger partial charge in [0.15, 0.2) is 0 Å². The zero-order chi connectivity index (χ0) is 14.2. The summed E-state index contributed by atoms with van der Waals surface area (Å²) in [6.07, 6.45) is 1.16. The highest BCUT2D eigenvalue weighted by molar-refractivity contribution is 9.10. The number of nitrogens with one attached hydrogen (secondary N) is 1. The summed E-state index contributed by atoms with van der Waals surface area (Å²) in [5.41, 5.74) is 2.45. The van der Waals surface area contributed by atoms with Crippen molar-refractivity contribution in [3.05, 3.63) is 64.1 Å². The van der Waals surface area contributed by atoms with Gasteiger partial charge in [-0.05, 0) is 36.7 Å². The van der Waals surface area contributed by atoms with E-state index in [4.69, 9.17) is 4.74 Å². The van der Waals surface area contributed by atoms with Crippen LogP contribution in [-0.2, 0) is 13.2 Å². The third-order valence-electron chi connectivity index (χ3n) is 3.01.